The summed E-state index contributed by atoms with van der Waals surface area (Å²) < 4.78 is 10.8. The summed E-state index contributed by atoms with van der Waals surface area (Å²) in [4.78, 5) is 23.5. The van der Waals surface area contributed by atoms with Gasteiger partial charge in [0.2, 0.25) is 0 Å². The number of carboxylic acids is 1. The Bertz CT molecular complexity index is 1350. The van der Waals surface area contributed by atoms with Gasteiger partial charge in [0.25, 0.3) is 0 Å². The van der Waals surface area contributed by atoms with Crippen LogP contribution in [0.2, 0.25) is 5.02 Å². The highest BCUT2D eigenvalue weighted by molar-refractivity contribution is 6.31. The van der Waals surface area contributed by atoms with Gasteiger partial charge in [0.1, 0.15) is 17.5 Å². The average Bonchev–Trinajstić information content (AvgIpc) is 3.19. The monoisotopic (exact) mass is 490 g/mol. The minimum absolute atomic E-state index is 0.0138. The second-order valence-corrected chi connectivity index (χ2v) is 8.41. The standard InChI is InChI=1S/C27H23ClN2O5/c1-16(22-5-3-4-6-23(22)28)34-27(33)29-25-17(2)35-30-26(25)21-13-11-20(12-14-21)19-9-7-18(8-10-19)15-24(31)32/h3-14,16H,15H2,1-2H3,(H,29,33)(H,31,32)/t16-/m0/s1. The first-order valence-electron chi connectivity index (χ1n) is 10.9. The number of anilines is 1. The molecule has 178 valence electrons. The molecule has 0 aliphatic carbocycles. The van der Waals surface area contributed by atoms with Crippen LogP contribution in [0.4, 0.5) is 10.5 Å². The van der Waals surface area contributed by atoms with Crippen molar-refractivity contribution in [2.45, 2.75) is 26.4 Å². The van der Waals surface area contributed by atoms with Gasteiger partial charge in [-0.05, 0) is 36.6 Å². The fraction of sp³-hybridized carbons (Fsp3) is 0.148. The quantitative estimate of drug-likeness (QED) is 0.292. The zero-order chi connectivity index (χ0) is 24.9. The summed E-state index contributed by atoms with van der Waals surface area (Å²) in [6.45, 7) is 3.45. The van der Waals surface area contributed by atoms with Crippen LogP contribution in [0.5, 0.6) is 0 Å². The van der Waals surface area contributed by atoms with Crippen molar-refractivity contribution in [3.8, 4) is 22.4 Å². The van der Waals surface area contributed by atoms with Crippen molar-refractivity contribution >= 4 is 29.4 Å². The largest absolute Gasteiger partial charge is 0.481 e. The molecule has 0 bridgehead atoms. The Morgan fingerprint density at radius 1 is 1.00 bits per heavy atom. The number of carboxylic acid groups (broad SMARTS) is 1. The van der Waals surface area contributed by atoms with Crippen LogP contribution in [0, 0.1) is 6.92 Å². The average molecular weight is 491 g/mol. The summed E-state index contributed by atoms with van der Waals surface area (Å²) in [6.07, 6.45) is -1.21. The van der Waals surface area contributed by atoms with E-state index in [-0.39, 0.29) is 6.42 Å². The number of hydrogen-bond acceptors (Lipinski definition) is 5. The van der Waals surface area contributed by atoms with Crippen LogP contribution in [0.1, 0.15) is 29.9 Å². The van der Waals surface area contributed by atoms with Crippen molar-refractivity contribution in [2.75, 3.05) is 5.32 Å². The first-order valence-corrected chi connectivity index (χ1v) is 11.3. The highest BCUT2D eigenvalue weighted by atomic mass is 35.5. The molecule has 35 heavy (non-hydrogen) atoms. The Kier molecular flexibility index (Phi) is 7.17. The van der Waals surface area contributed by atoms with E-state index in [0.717, 1.165) is 22.3 Å². The molecule has 1 heterocycles. The first kappa shape index (κ1) is 24.0. The molecule has 3 aromatic carbocycles. The molecule has 1 atom stereocenters. The van der Waals surface area contributed by atoms with Gasteiger partial charge in [0, 0.05) is 16.1 Å². The summed E-state index contributed by atoms with van der Waals surface area (Å²) in [5.41, 5.74) is 5.01. The second-order valence-electron chi connectivity index (χ2n) is 8.00. The summed E-state index contributed by atoms with van der Waals surface area (Å²) in [5, 5.41) is 16.3. The number of carbonyl (C=O) groups is 2. The predicted molar refractivity (Wildman–Crippen MR) is 133 cm³/mol. The van der Waals surface area contributed by atoms with Crippen molar-refractivity contribution in [1.82, 2.24) is 5.16 Å². The Morgan fingerprint density at radius 3 is 2.23 bits per heavy atom. The normalized spacial score (nSPS) is 11.6. The zero-order valence-corrected chi connectivity index (χ0v) is 19.9. The number of benzene rings is 3. The molecule has 7 nitrogen and oxygen atoms in total. The van der Waals surface area contributed by atoms with Crippen LogP contribution >= 0.6 is 11.6 Å². The van der Waals surface area contributed by atoms with Crippen molar-refractivity contribution in [2.24, 2.45) is 0 Å². The molecule has 0 radical (unpaired) electrons. The van der Waals surface area contributed by atoms with E-state index in [2.05, 4.69) is 10.5 Å². The van der Waals surface area contributed by atoms with Crippen molar-refractivity contribution in [3.63, 3.8) is 0 Å². The lowest BCUT2D eigenvalue weighted by Crippen LogP contribution is -2.17. The Morgan fingerprint density at radius 2 is 1.60 bits per heavy atom. The first-order chi connectivity index (χ1) is 16.8. The maximum Gasteiger partial charge on any atom is 0.412 e. The fourth-order valence-electron chi connectivity index (χ4n) is 3.69. The summed E-state index contributed by atoms with van der Waals surface area (Å²) in [6, 6.07) is 22.2. The molecular weight excluding hydrogens is 468 g/mol. The van der Waals surface area contributed by atoms with Gasteiger partial charge in [0.15, 0.2) is 5.76 Å². The molecule has 2 N–H and O–H groups in total. The Balaban J connectivity index is 1.48. The minimum atomic E-state index is -0.864. The number of aryl methyl sites for hydroxylation is 1. The van der Waals surface area contributed by atoms with Gasteiger partial charge in [-0.2, -0.15) is 0 Å². The van der Waals surface area contributed by atoms with E-state index in [1.165, 1.54) is 0 Å². The second kappa shape index (κ2) is 10.4. The van der Waals surface area contributed by atoms with Gasteiger partial charge in [-0.1, -0.05) is 83.5 Å². The molecule has 0 fully saturated rings. The van der Waals surface area contributed by atoms with Gasteiger partial charge in [-0.25, -0.2) is 4.79 Å². The smallest absolute Gasteiger partial charge is 0.412 e. The number of nitrogens with zero attached hydrogens (tertiary/aromatic N) is 1. The number of rotatable bonds is 7. The molecule has 4 rings (SSSR count). The van der Waals surface area contributed by atoms with Crippen LogP contribution < -0.4 is 5.32 Å². The van der Waals surface area contributed by atoms with Gasteiger partial charge in [0.05, 0.1) is 6.42 Å². The number of hydrogen-bond donors (Lipinski definition) is 2. The van der Waals surface area contributed by atoms with Crippen LogP contribution in [0.25, 0.3) is 22.4 Å². The minimum Gasteiger partial charge on any atom is -0.481 e. The molecule has 0 saturated carbocycles. The maximum atomic E-state index is 12.6. The molecular formula is C27H23ClN2O5. The van der Waals surface area contributed by atoms with E-state index < -0.39 is 18.2 Å². The van der Waals surface area contributed by atoms with Crippen molar-refractivity contribution < 1.29 is 24.0 Å². The van der Waals surface area contributed by atoms with Gasteiger partial charge in [-0.3, -0.25) is 10.1 Å². The number of ether oxygens (including phenoxy) is 1. The molecule has 0 unspecified atom stereocenters. The molecule has 0 aliphatic heterocycles. The number of halogens is 1. The number of amides is 1. The molecule has 0 spiro atoms. The van der Waals surface area contributed by atoms with Crippen molar-refractivity contribution in [3.05, 3.63) is 94.7 Å². The highest BCUT2D eigenvalue weighted by Gasteiger charge is 2.20. The summed E-state index contributed by atoms with van der Waals surface area (Å²) in [5.74, 6) is -0.419. The Labute approximate surface area is 207 Å². The molecule has 1 aromatic heterocycles. The third kappa shape index (κ3) is 5.70. The van der Waals surface area contributed by atoms with E-state index >= 15 is 0 Å². The summed E-state index contributed by atoms with van der Waals surface area (Å²) >= 11 is 6.20. The van der Waals surface area contributed by atoms with Gasteiger partial charge in [-0.15, -0.1) is 0 Å². The van der Waals surface area contributed by atoms with E-state index in [0.29, 0.717) is 27.7 Å². The van der Waals surface area contributed by atoms with E-state index in [1.54, 1.807) is 38.1 Å². The number of aliphatic carboxylic acids is 1. The highest BCUT2D eigenvalue weighted by Crippen LogP contribution is 2.33. The van der Waals surface area contributed by atoms with Gasteiger partial charge >= 0.3 is 12.1 Å². The van der Waals surface area contributed by atoms with Crippen LogP contribution in [-0.4, -0.2) is 22.3 Å². The number of aromatic nitrogens is 1. The Hall–Kier alpha value is -4.10. The van der Waals surface area contributed by atoms with E-state index in [9.17, 15) is 9.59 Å². The molecule has 1 amide bonds. The lowest BCUT2D eigenvalue weighted by Gasteiger charge is -2.15. The fourth-order valence-corrected chi connectivity index (χ4v) is 3.98. The molecule has 0 saturated heterocycles. The van der Waals surface area contributed by atoms with E-state index in [4.69, 9.17) is 26.0 Å². The molecule has 0 aliphatic rings. The molecule has 4 aromatic rings. The van der Waals surface area contributed by atoms with Crippen LogP contribution in [0.3, 0.4) is 0 Å². The summed E-state index contributed by atoms with van der Waals surface area (Å²) in [7, 11) is 0. The third-order valence-electron chi connectivity index (χ3n) is 5.52. The lowest BCUT2D eigenvalue weighted by atomic mass is 10.0. The number of nitrogens with one attached hydrogen (secondary N) is 1. The number of carbonyl (C=O) groups excluding carboxylic acids is 1. The SMILES string of the molecule is Cc1onc(-c2ccc(-c3ccc(CC(=O)O)cc3)cc2)c1NC(=O)O[C@@H](C)c1ccccc1Cl. The van der Waals surface area contributed by atoms with Gasteiger partial charge < -0.3 is 14.4 Å². The topological polar surface area (TPSA) is 102 Å². The zero-order valence-electron chi connectivity index (χ0n) is 19.1. The van der Waals surface area contributed by atoms with E-state index in [1.807, 2.05) is 48.5 Å². The molecule has 8 heteroatoms. The van der Waals surface area contributed by atoms with Crippen LogP contribution in [0.15, 0.2) is 77.3 Å². The lowest BCUT2D eigenvalue weighted by molar-refractivity contribution is -0.136. The predicted octanol–water partition coefficient (Wildman–Crippen LogP) is 6.91. The third-order valence-corrected chi connectivity index (χ3v) is 5.86. The maximum absolute atomic E-state index is 12.6. The van der Waals surface area contributed by atoms with Crippen molar-refractivity contribution in [1.29, 1.82) is 0 Å². The van der Waals surface area contributed by atoms with Crippen LogP contribution in [-0.2, 0) is 16.0 Å².